The molecule has 0 aromatic heterocycles. The van der Waals surface area contributed by atoms with Crippen molar-refractivity contribution < 1.29 is 28.6 Å². The van der Waals surface area contributed by atoms with Crippen LogP contribution in [0.5, 0.6) is 11.5 Å². The lowest BCUT2D eigenvalue weighted by atomic mass is 9.94. The van der Waals surface area contributed by atoms with Gasteiger partial charge < -0.3 is 19.5 Å². The summed E-state index contributed by atoms with van der Waals surface area (Å²) in [6.07, 6.45) is 0.511. The molecule has 0 aliphatic carbocycles. The van der Waals surface area contributed by atoms with Crippen LogP contribution in [-0.4, -0.2) is 34.8 Å². The number of carbonyl (C=O) groups excluding carboxylic acids is 2. The lowest BCUT2D eigenvalue weighted by Gasteiger charge is -2.26. The molecule has 1 aliphatic rings. The second-order valence-corrected chi connectivity index (χ2v) is 9.65. The van der Waals surface area contributed by atoms with E-state index in [1.807, 2.05) is 67.6 Å². The summed E-state index contributed by atoms with van der Waals surface area (Å²) in [5, 5.41) is 11.3. The molecule has 1 amide bonds. The molecule has 1 saturated heterocycles. The fraction of sp³-hybridized carbons (Fsp3) is 0.176. The number of halogens is 1. The van der Waals surface area contributed by atoms with Crippen LogP contribution in [0.4, 0.5) is 4.39 Å². The van der Waals surface area contributed by atoms with Crippen molar-refractivity contribution in [3.8, 4) is 11.5 Å². The highest BCUT2D eigenvalue weighted by atomic mass is 19.1. The van der Waals surface area contributed by atoms with Gasteiger partial charge in [-0.15, -0.1) is 0 Å². The maximum absolute atomic E-state index is 13.6. The third-order valence-corrected chi connectivity index (χ3v) is 6.96. The number of carbonyl (C=O) groups is 2. The Bertz CT molecular complexity index is 1550. The minimum atomic E-state index is -0.883. The molecule has 0 saturated carbocycles. The third kappa shape index (κ3) is 6.14. The van der Waals surface area contributed by atoms with Gasteiger partial charge in [0.05, 0.1) is 18.2 Å². The van der Waals surface area contributed by atoms with Crippen molar-refractivity contribution in [3.05, 3.63) is 137 Å². The van der Waals surface area contributed by atoms with Crippen molar-refractivity contribution >= 4 is 17.4 Å². The summed E-state index contributed by atoms with van der Waals surface area (Å²) in [7, 11) is 0. The summed E-state index contributed by atoms with van der Waals surface area (Å²) in [6, 6.07) is 28.9. The number of rotatable bonds is 10. The average Bonchev–Trinajstić information content (AvgIpc) is 3.25. The largest absolute Gasteiger partial charge is 0.507 e. The first-order valence-corrected chi connectivity index (χ1v) is 13.5. The molecule has 4 aromatic rings. The topological polar surface area (TPSA) is 76.1 Å². The van der Waals surface area contributed by atoms with Gasteiger partial charge >= 0.3 is 0 Å². The summed E-state index contributed by atoms with van der Waals surface area (Å²) in [4.78, 5) is 28.2. The second-order valence-electron chi connectivity index (χ2n) is 9.65. The van der Waals surface area contributed by atoms with Crippen LogP contribution >= 0.6 is 0 Å². The van der Waals surface area contributed by atoms with Gasteiger partial charge in [-0.25, -0.2) is 4.39 Å². The number of hydrogen-bond donors (Lipinski definition) is 1. The molecule has 1 unspecified atom stereocenters. The molecule has 41 heavy (non-hydrogen) atoms. The summed E-state index contributed by atoms with van der Waals surface area (Å²) in [6.45, 7) is 2.80. The van der Waals surface area contributed by atoms with Crippen LogP contribution in [0.2, 0.25) is 0 Å². The molecule has 1 atom stereocenters. The van der Waals surface area contributed by atoms with Crippen molar-refractivity contribution in [2.45, 2.75) is 26.0 Å². The van der Waals surface area contributed by atoms with Gasteiger partial charge in [-0.2, -0.15) is 0 Å². The lowest BCUT2D eigenvalue weighted by molar-refractivity contribution is -0.139. The highest BCUT2D eigenvalue weighted by Crippen LogP contribution is 2.42. The molecule has 208 valence electrons. The standard InChI is InChI=1S/C34H30FNO5/c1-2-40-29-21-26(15-18-28(29)41-22-24-11-7-4-8-12-24)31-30(32(37)25-13-16-27(35)17-14-25)33(38)34(39)36(31)20-19-23-9-5-3-6-10-23/h3-18,21,31,37H,2,19-20,22H2,1H3. The number of aliphatic hydroxyl groups excluding tert-OH is 1. The molecule has 7 heteroatoms. The van der Waals surface area contributed by atoms with Crippen LogP contribution in [0.15, 0.2) is 109 Å². The first-order chi connectivity index (χ1) is 20.0. The van der Waals surface area contributed by atoms with Crippen molar-refractivity contribution in [1.29, 1.82) is 0 Å². The maximum atomic E-state index is 13.6. The SMILES string of the molecule is CCOc1cc(C2C(=C(O)c3ccc(F)cc3)C(=O)C(=O)N2CCc2ccccc2)ccc1OCc1ccccc1. The number of ketones is 1. The molecule has 1 heterocycles. The van der Waals surface area contributed by atoms with E-state index < -0.39 is 23.5 Å². The molecule has 1 aliphatic heterocycles. The van der Waals surface area contributed by atoms with E-state index in [0.29, 0.717) is 36.7 Å². The number of likely N-dealkylation sites (tertiary alicyclic amines) is 1. The molecule has 0 spiro atoms. The highest BCUT2D eigenvalue weighted by molar-refractivity contribution is 6.46. The van der Waals surface area contributed by atoms with Gasteiger partial charge in [0, 0.05) is 12.1 Å². The molecule has 4 aromatic carbocycles. The fourth-order valence-electron chi connectivity index (χ4n) is 4.93. The zero-order valence-corrected chi connectivity index (χ0v) is 22.6. The molecule has 5 rings (SSSR count). The van der Waals surface area contributed by atoms with E-state index in [1.165, 1.54) is 29.2 Å². The second kappa shape index (κ2) is 12.5. The van der Waals surface area contributed by atoms with Crippen LogP contribution in [-0.2, 0) is 22.6 Å². The van der Waals surface area contributed by atoms with E-state index in [4.69, 9.17) is 9.47 Å². The van der Waals surface area contributed by atoms with Gasteiger partial charge in [0.25, 0.3) is 11.7 Å². The number of amides is 1. The minimum absolute atomic E-state index is 0.0601. The summed E-state index contributed by atoms with van der Waals surface area (Å²) < 4.78 is 25.6. The average molecular weight is 552 g/mol. The molecule has 1 fully saturated rings. The van der Waals surface area contributed by atoms with Crippen LogP contribution in [0, 0.1) is 5.82 Å². The molecular formula is C34H30FNO5. The Balaban J connectivity index is 1.55. The monoisotopic (exact) mass is 551 g/mol. The lowest BCUT2D eigenvalue weighted by Crippen LogP contribution is -2.31. The molecule has 0 radical (unpaired) electrons. The van der Waals surface area contributed by atoms with Gasteiger partial charge in [0.15, 0.2) is 11.5 Å². The molecule has 1 N–H and O–H groups in total. The van der Waals surface area contributed by atoms with E-state index in [0.717, 1.165) is 11.1 Å². The number of benzene rings is 4. The van der Waals surface area contributed by atoms with Crippen molar-refractivity contribution in [3.63, 3.8) is 0 Å². The Morgan fingerprint density at radius 3 is 2.15 bits per heavy atom. The zero-order valence-electron chi connectivity index (χ0n) is 22.6. The summed E-state index contributed by atoms with van der Waals surface area (Å²) >= 11 is 0. The molecule has 0 bridgehead atoms. The maximum Gasteiger partial charge on any atom is 0.295 e. The van der Waals surface area contributed by atoms with Gasteiger partial charge in [0.2, 0.25) is 0 Å². The minimum Gasteiger partial charge on any atom is -0.507 e. The van der Waals surface area contributed by atoms with E-state index in [2.05, 4.69) is 0 Å². The Morgan fingerprint density at radius 2 is 1.49 bits per heavy atom. The highest BCUT2D eigenvalue weighted by Gasteiger charge is 2.46. The molecule has 6 nitrogen and oxygen atoms in total. The summed E-state index contributed by atoms with van der Waals surface area (Å²) in [5.41, 5.74) is 2.76. The van der Waals surface area contributed by atoms with Crippen LogP contribution in [0.25, 0.3) is 5.76 Å². The Morgan fingerprint density at radius 1 is 0.829 bits per heavy atom. The predicted octanol–water partition coefficient (Wildman–Crippen LogP) is 6.47. The smallest absolute Gasteiger partial charge is 0.295 e. The van der Waals surface area contributed by atoms with E-state index in [1.54, 1.807) is 18.2 Å². The van der Waals surface area contributed by atoms with Crippen molar-refractivity contribution in [2.75, 3.05) is 13.2 Å². The number of aliphatic hydroxyl groups is 1. The quantitative estimate of drug-likeness (QED) is 0.139. The first-order valence-electron chi connectivity index (χ1n) is 13.5. The fourth-order valence-corrected chi connectivity index (χ4v) is 4.93. The van der Waals surface area contributed by atoms with Gasteiger partial charge in [-0.1, -0.05) is 66.7 Å². The predicted molar refractivity (Wildman–Crippen MR) is 154 cm³/mol. The first kappa shape index (κ1) is 27.6. The third-order valence-electron chi connectivity index (χ3n) is 6.96. The van der Waals surface area contributed by atoms with Gasteiger partial charge in [-0.05, 0) is 66.4 Å². The zero-order chi connectivity index (χ0) is 28.8. The van der Waals surface area contributed by atoms with Crippen LogP contribution in [0.1, 0.15) is 35.2 Å². The van der Waals surface area contributed by atoms with E-state index in [9.17, 15) is 19.1 Å². The van der Waals surface area contributed by atoms with Crippen molar-refractivity contribution in [1.82, 2.24) is 4.90 Å². The van der Waals surface area contributed by atoms with Crippen molar-refractivity contribution in [2.24, 2.45) is 0 Å². The number of Topliss-reactive ketones (excluding diaryl/α,β-unsaturated/α-hetero) is 1. The van der Waals surface area contributed by atoms with E-state index in [-0.39, 0.29) is 23.4 Å². The Hall–Kier alpha value is -4.91. The molecular weight excluding hydrogens is 521 g/mol. The normalized spacial score (nSPS) is 16.1. The Labute approximate surface area is 238 Å². The van der Waals surface area contributed by atoms with Gasteiger partial charge in [-0.3, -0.25) is 9.59 Å². The van der Waals surface area contributed by atoms with Crippen LogP contribution in [0.3, 0.4) is 0 Å². The summed E-state index contributed by atoms with van der Waals surface area (Å²) in [5.74, 6) is -1.38. The van der Waals surface area contributed by atoms with E-state index >= 15 is 0 Å². The number of nitrogens with zero attached hydrogens (tertiary/aromatic N) is 1. The van der Waals surface area contributed by atoms with Crippen LogP contribution < -0.4 is 9.47 Å². The van der Waals surface area contributed by atoms with Gasteiger partial charge in [0.1, 0.15) is 18.2 Å². The number of hydrogen-bond acceptors (Lipinski definition) is 5. The Kier molecular flexibility index (Phi) is 8.44. The number of ether oxygens (including phenoxy) is 2.